The highest BCUT2D eigenvalue weighted by atomic mass is 16.6. The Bertz CT molecular complexity index is 1320. The van der Waals surface area contributed by atoms with Gasteiger partial charge in [0.25, 0.3) is 5.91 Å². The molecule has 0 radical (unpaired) electrons. The highest BCUT2D eigenvalue weighted by Crippen LogP contribution is 2.28. The third kappa shape index (κ3) is 5.43. The van der Waals surface area contributed by atoms with Crippen molar-refractivity contribution >= 4 is 17.9 Å². The van der Waals surface area contributed by atoms with Crippen LogP contribution in [0.4, 0.5) is 5.82 Å². The lowest BCUT2D eigenvalue weighted by molar-refractivity contribution is 0.0949. The number of ether oxygens (including phenoxy) is 2. The second-order valence-corrected chi connectivity index (χ2v) is 7.40. The Morgan fingerprint density at radius 2 is 2.03 bits per heavy atom. The number of nitrogen functional groups attached to an aromatic ring is 1. The van der Waals surface area contributed by atoms with Crippen molar-refractivity contribution in [1.29, 1.82) is 0 Å². The molecule has 1 amide bonds. The Morgan fingerprint density at radius 3 is 2.74 bits per heavy atom. The van der Waals surface area contributed by atoms with Gasteiger partial charge >= 0.3 is 0 Å². The van der Waals surface area contributed by atoms with Crippen molar-refractivity contribution in [2.45, 2.75) is 26.4 Å². The first-order valence-electron chi connectivity index (χ1n) is 10.8. The molecule has 0 bridgehead atoms. The van der Waals surface area contributed by atoms with Gasteiger partial charge in [-0.05, 0) is 46.1 Å². The summed E-state index contributed by atoms with van der Waals surface area (Å²) in [6.07, 6.45) is 2.73. The van der Waals surface area contributed by atoms with Crippen molar-refractivity contribution in [2.75, 3.05) is 12.8 Å². The molecule has 180 valence electrons. The fourth-order valence-electron chi connectivity index (χ4n) is 3.28. The first-order valence-corrected chi connectivity index (χ1v) is 10.8. The zero-order valence-electron chi connectivity index (χ0n) is 19.2. The molecule has 2 heterocycles. The van der Waals surface area contributed by atoms with Gasteiger partial charge in [-0.1, -0.05) is 48.9 Å². The molecule has 0 aliphatic rings. The van der Waals surface area contributed by atoms with Crippen LogP contribution in [0.25, 0.3) is 5.82 Å². The minimum atomic E-state index is -0.527. The Morgan fingerprint density at radius 1 is 1.20 bits per heavy atom. The van der Waals surface area contributed by atoms with Gasteiger partial charge in [-0.2, -0.15) is 9.78 Å². The normalized spacial score (nSPS) is 11.0. The molecule has 0 aliphatic carbocycles. The Kier molecular flexibility index (Phi) is 7.31. The topological polar surface area (TPSA) is 156 Å². The number of nitrogens with one attached hydrogen (secondary N) is 1. The van der Waals surface area contributed by atoms with E-state index in [0.29, 0.717) is 35.8 Å². The highest BCUT2D eigenvalue weighted by Gasteiger charge is 2.23. The number of benzene rings is 2. The third-order valence-electron chi connectivity index (χ3n) is 4.97. The van der Waals surface area contributed by atoms with Gasteiger partial charge in [-0.3, -0.25) is 4.79 Å². The second-order valence-electron chi connectivity index (χ2n) is 7.40. The van der Waals surface area contributed by atoms with Gasteiger partial charge in [-0.25, -0.2) is 10.1 Å². The lowest BCUT2D eigenvalue weighted by atomic mass is 10.2. The molecular formula is C23H24N8O4. The van der Waals surface area contributed by atoms with Crippen molar-refractivity contribution in [3.63, 3.8) is 0 Å². The monoisotopic (exact) mass is 476 g/mol. The summed E-state index contributed by atoms with van der Waals surface area (Å²) in [4.78, 5) is 12.7. The summed E-state index contributed by atoms with van der Waals surface area (Å²) in [6.45, 7) is 2.37. The minimum absolute atomic E-state index is 0.0439. The van der Waals surface area contributed by atoms with Gasteiger partial charge in [0.1, 0.15) is 6.61 Å². The second kappa shape index (κ2) is 10.9. The van der Waals surface area contributed by atoms with Crippen LogP contribution in [0.1, 0.15) is 40.7 Å². The quantitative estimate of drug-likeness (QED) is 0.259. The summed E-state index contributed by atoms with van der Waals surface area (Å²) < 4.78 is 17.3. The van der Waals surface area contributed by atoms with Crippen molar-refractivity contribution in [1.82, 2.24) is 30.7 Å². The van der Waals surface area contributed by atoms with Gasteiger partial charge in [-0.15, -0.1) is 5.10 Å². The number of carbonyl (C=O) groups excluding carboxylic acids is 1. The SMILES string of the molecule is CCCc1c(C(=O)N/N=C\c2ccc(OCc3ccccc3)c(OC)c2)nnn1-c1nonc1N. The molecule has 35 heavy (non-hydrogen) atoms. The van der Waals surface area contributed by atoms with Crippen LogP contribution < -0.4 is 20.6 Å². The number of methoxy groups -OCH3 is 1. The molecule has 3 N–H and O–H groups in total. The number of hydrazone groups is 1. The smallest absolute Gasteiger partial charge is 0.293 e. The van der Waals surface area contributed by atoms with Crippen LogP contribution in [0.5, 0.6) is 11.5 Å². The summed E-state index contributed by atoms with van der Waals surface area (Å²) in [5, 5.41) is 19.2. The van der Waals surface area contributed by atoms with E-state index in [4.69, 9.17) is 15.2 Å². The lowest BCUT2D eigenvalue weighted by Crippen LogP contribution is -2.20. The molecule has 2 aromatic carbocycles. The first kappa shape index (κ1) is 23.4. The number of aromatic nitrogens is 5. The van der Waals surface area contributed by atoms with E-state index >= 15 is 0 Å². The van der Waals surface area contributed by atoms with Crippen LogP contribution in [0.15, 0.2) is 58.3 Å². The summed E-state index contributed by atoms with van der Waals surface area (Å²) in [6, 6.07) is 15.2. The average molecular weight is 476 g/mol. The Balaban J connectivity index is 1.44. The van der Waals surface area contributed by atoms with Gasteiger partial charge in [0.05, 0.1) is 19.0 Å². The number of nitrogens with two attached hydrogens (primary N) is 1. The number of amides is 1. The zero-order chi connectivity index (χ0) is 24.6. The first-order chi connectivity index (χ1) is 17.1. The molecule has 0 spiro atoms. The molecule has 4 rings (SSSR count). The molecule has 0 aliphatic heterocycles. The zero-order valence-corrected chi connectivity index (χ0v) is 19.2. The molecule has 4 aromatic rings. The fourth-order valence-corrected chi connectivity index (χ4v) is 3.28. The van der Waals surface area contributed by atoms with Crippen LogP contribution in [-0.4, -0.2) is 44.5 Å². The van der Waals surface area contributed by atoms with E-state index in [1.54, 1.807) is 25.3 Å². The molecule has 12 nitrogen and oxygen atoms in total. The van der Waals surface area contributed by atoms with E-state index in [2.05, 4.69) is 35.8 Å². The number of hydrogen-bond acceptors (Lipinski definition) is 10. The molecule has 0 atom stereocenters. The summed E-state index contributed by atoms with van der Waals surface area (Å²) in [5.74, 6) is 0.830. The molecule has 0 fully saturated rings. The molecule has 0 saturated heterocycles. The van der Waals surface area contributed by atoms with Crippen LogP contribution >= 0.6 is 0 Å². The lowest BCUT2D eigenvalue weighted by Gasteiger charge is -2.11. The maximum Gasteiger partial charge on any atom is 0.293 e. The largest absolute Gasteiger partial charge is 0.493 e. The number of anilines is 1. The molecule has 12 heteroatoms. The number of hydrogen-bond donors (Lipinski definition) is 2. The van der Waals surface area contributed by atoms with E-state index in [1.165, 1.54) is 10.9 Å². The van der Waals surface area contributed by atoms with Crippen LogP contribution in [0.2, 0.25) is 0 Å². The summed E-state index contributed by atoms with van der Waals surface area (Å²) in [5.41, 5.74) is 10.6. The third-order valence-corrected chi connectivity index (χ3v) is 4.97. The van der Waals surface area contributed by atoms with E-state index < -0.39 is 5.91 Å². The summed E-state index contributed by atoms with van der Waals surface area (Å²) in [7, 11) is 1.56. The standard InChI is InChI=1S/C23H24N8O4/c1-3-7-17-20(26-30-31(17)22-21(24)28-35-29-22)23(32)27-25-13-16-10-11-18(19(12-16)33-2)34-14-15-8-5-4-6-9-15/h4-6,8-13H,3,7,14H2,1-2H3,(H2,24,28)(H,27,32)/b25-13-. The Labute approximate surface area is 200 Å². The van der Waals surface area contributed by atoms with Gasteiger partial charge in [0, 0.05) is 0 Å². The van der Waals surface area contributed by atoms with Crippen molar-refractivity contribution in [3.05, 3.63) is 71.0 Å². The molecule has 2 aromatic heterocycles. The van der Waals surface area contributed by atoms with Gasteiger partial charge < -0.3 is 15.2 Å². The van der Waals surface area contributed by atoms with Gasteiger partial charge in [0.2, 0.25) is 11.6 Å². The van der Waals surface area contributed by atoms with E-state index in [9.17, 15) is 4.79 Å². The van der Waals surface area contributed by atoms with E-state index in [0.717, 1.165) is 12.0 Å². The van der Waals surface area contributed by atoms with Crippen molar-refractivity contribution in [2.24, 2.45) is 5.10 Å². The van der Waals surface area contributed by atoms with Crippen molar-refractivity contribution < 1.29 is 18.9 Å². The number of nitrogens with zero attached hydrogens (tertiary/aromatic N) is 6. The summed E-state index contributed by atoms with van der Waals surface area (Å²) >= 11 is 0. The highest BCUT2D eigenvalue weighted by molar-refractivity contribution is 5.94. The van der Waals surface area contributed by atoms with Crippen molar-refractivity contribution in [3.8, 4) is 17.3 Å². The molecule has 0 saturated carbocycles. The maximum atomic E-state index is 12.7. The predicted octanol–water partition coefficient (Wildman–Crippen LogP) is 2.54. The van der Waals surface area contributed by atoms with Gasteiger partial charge in [0.15, 0.2) is 17.2 Å². The Hall–Kier alpha value is -4.74. The number of rotatable bonds is 10. The van der Waals surface area contributed by atoms with Crippen LogP contribution in [-0.2, 0) is 13.0 Å². The molecule has 0 unspecified atom stereocenters. The van der Waals surface area contributed by atoms with E-state index in [1.807, 2.05) is 37.3 Å². The number of carbonyl (C=O) groups is 1. The maximum absolute atomic E-state index is 12.7. The molecular weight excluding hydrogens is 452 g/mol. The van der Waals surface area contributed by atoms with Crippen LogP contribution in [0.3, 0.4) is 0 Å². The van der Waals surface area contributed by atoms with Crippen LogP contribution in [0, 0.1) is 0 Å². The predicted molar refractivity (Wildman–Crippen MR) is 126 cm³/mol. The minimum Gasteiger partial charge on any atom is -0.493 e. The van der Waals surface area contributed by atoms with E-state index in [-0.39, 0.29) is 17.3 Å². The fraction of sp³-hybridized carbons (Fsp3) is 0.217. The average Bonchev–Trinajstić information content (AvgIpc) is 3.49.